The van der Waals surface area contributed by atoms with Crippen molar-refractivity contribution in [1.82, 2.24) is 4.90 Å². The van der Waals surface area contributed by atoms with E-state index in [4.69, 9.17) is 16.3 Å². The van der Waals surface area contributed by atoms with Gasteiger partial charge in [-0.25, -0.2) is 0 Å². The molecule has 2 aromatic carbocycles. The van der Waals surface area contributed by atoms with Gasteiger partial charge < -0.3 is 10.1 Å². The van der Waals surface area contributed by atoms with Crippen molar-refractivity contribution >= 4 is 23.0 Å². The molecule has 7 heteroatoms. The Morgan fingerprint density at radius 2 is 1.80 bits per heavy atom. The standard InChI is InChI=1S/C18H20ClN3O3/c19-17-11-16(22(23)24)5-6-18(17)20-12-14-1-3-15(4-2-14)13-21-7-9-25-10-8-21/h1-6,11,20H,7-10,12-13H2. The topological polar surface area (TPSA) is 67.6 Å². The van der Waals surface area contributed by atoms with Crippen LogP contribution < -0.4 is 5.32 Å². The lowest BCUT2D eigenvalue weighted by atomic mass is 10.1. The number of anilines is 1. The molecule has 2 aromatic rings. The molecular weight excluding hydrogens is 342 g/mol. The average Bonchev–Trinajstić information content (AvgIpc) is 2.62. The van der Waals surface area contributed by atoms with Crippen LogP contribution >= 0.6 is 11.6 Å². The number of ether oxygens (including phenoxy) is 1. The Balaban J connectivity index is 1.55. The van der Waals surface area contributed by atoms with Crippen LogP contribution in [0.1, 0.15) is 11.1 Å². The van der Waals surface area contributed by atoms with Gasteiger partial charge in [-0.2, -0.15) is 0 Å². The lowest BCUT2D eigenvalue weighted by molar-refractivity contribution is -0.384. The van der Waals surface area contributed by atoms with Gasteiger partial charge in [-0.1, -0.05) is 35.9 Å². The third kappa shape index (κ3) is 4.92. The van der Waals surface area contributed by atoms with Gasteiger partial charge in [-0.3, -0.25) is 15.0 Å². The van der Waals surface area contributed by atoms with E-state index in [1.807, 2.05) is 0 Å². The summed E-state index contributed by atoms with van der Waals surface area (Å²) in [5, 5.41) is 14.3. The molecule has 0 unspecified atom stereocenters. The van der Waals surface area contributed by atoms with Crippen molar-refractivity contribution in [2.45, 2.75) is 13.1 Å². The monoisotopic (exact) mass is 361 g/mol. The second kappa shape index (κ2) is 8.29. The molecule has 1 heterocycles. The normalized spacial score (nSPS) is 15.1. The fraction of sp³-hybridized carbons (Fsp3) is 0.333. The minimum Gasteiger partial charge on any atom is -0.380 e. The molecule has 1 aliphatic rings. The second-order valence-corrected chi connectivity index (χ2v) is 6.39. The summed E-state index contributed by atoms with van der Waals surface area (Å²) in [6.45, 7) is 5.10. The molecule has 0 aliphatic carbocycles. The first-order valence-corrected chi connectivity index (χ1v) is 8.55. The highest BCUT2D eigenvalue weighted by atomic mass is 35.5. The summed E-state index contributed by atoms with van der Waals surface area (Å²) in [6.07, 6.45) is 0. The largest absolute Gasteiger partial charge is 0.380 e. The Bertz CT molecular complexity index is 731. The van der Waals surface area contributed by atoms with Gasteiger partial charge in [-0.05, 0) is 17.2 Å². The molecule has 0 amide bonds. The van der Waals surface area contributed by atoms with Gasteiger partial charge in [0.1, 0.15) is 0 Å². The fourth-order valence-electron chi connectivity index (χ4n) is 2.74. The van der Waals surface area contributed by atoms with E-state index in [2.05, 4.69) is 34.5 Å². The van der Waals surface area contributed by atoms with Crippen LogP contribution in [0.2, 0.25) is 5.02 Å². The summed E-state index contributed by atoms with van der Waals surface area (Å²) in [4.78, 5) is 12.7. The first kappa shape index (κ1) is 17.7. The number of benzene rings is 2. The second-order valence-electron chi connectivity index (χ2n) is 5.98. The Morgan fingerprint density at radius 1 is 1.12 bits per heavy atom. The minimum absolute atomic E-state index is 0.0111. The molecule has 0 bridgehead atoms. The number of nitro groups is 1. The number of nitro benzene ring substituents is 1. The molecule has 132 valence electrons. The summed E-state index contributed by atoms with van der Waals surface area (Å²) in [5.41, 5.74) is 3.08. The molecule has 1 fully saturated rings. The van der Waals surface area contributed by atoms with Crippen LogP contribution in [0, 0.1) is 10.1 Å². The van der Waals surface area contributed by atoms with E-state index >= 15 is 0 Å². The summed E-state index contributed by atoms with van der Waals surface area (Å²) >= 11 is 6.09. The lowest BCUT2D eigenvalue weighted by Gasteiger charge is -2.26. The van der Waals surface area contributed by atoms with Crippen LogP contribution in [0.4, 0.5) is 11.4 Å². The SMILES string of the molecule is O=[N+]([O-])c1ccc(NCc2ccc(CN3CCOCC3)cc2)c(Cl)c1. The van der Waals surface area contributed by atoms with Crippen molar-refractivity contribution < 1.29 is 9.66 Å². The van der Waals surface area contributed by atoms with Crippen molar-refractivity contribution in [2.75, 3.05) is 31.6 Å². The number of hydrogen-bond donors (Lipinski definition) is 1. The molecule has 0 spiro atoms. The first-order chi connectivity index (χ1) is 12.1. The predicted octanol–water partition coefficient (Wildman–Crippen LogP) is 3.69. The van der Waals surface area contributed by atoms with E-state index in [0.29, 0.717) is 17.3 Å². The summed E-state index contributed by atoms with van der Waals surface area (Å²) in [6, 6.07) is 12.9. The van der Waals surface area contributed by atoms with Gasteiger partial charge in [0.25, 0.3) is 5.69 Å². The van der Waals surface area contributed by atoms with Crippen LogP contribution in [-0.2, 0) is 17.8 Å². The van der Waals surface area contributed by atoms with Crippen LogP contribution in [0.3, 0.4) is 0 Å². The molecule has 6 nitrogen and oxygen atoms in total. The number of hydrogen-bond acceptors (Lipinski definition) is 5. The van der Waals surface area contributed by atoms with Crippen LogP contribution in [0.5, 0.6) is 0 Å². The zero-order chi connectivity index (χ0) is 17.6. The van der Waals surface area contributed by atoms with Crippen molar-refractivity contribution in [3.63, 3.8) is 0 Å². The summed E-state index contributed by atoms with van der Waals surface area (Å²) in [7, 11) is 0. The Hall–Kier alpha value is -2.15. The smallest absolute Gasteiger partial charge is 0.271 e. The average molecular weight is 362 g/mol. The highest BCUT2D eigenvalue weighted by molar-refractivity contribution is 6.33. The number of morpholine rings is 1. The highest BCUT2D eigenvalue weighted by Crippen LogP contribution is 2.27. The third-order valence-electron chi connectivity index (χ3n) is 4.18. The maximum absolute atomic E-state index is 10.7. The molecule has 25 heavy (non-hydrogen) atoms. The molecular formula is C18H20ClN3O3. The van der Waals surface area contributed by atoms with E-state index in [-0.39, 0.29) is 5.69 Å². The zero-order valence-electron chi connectivity index (χ0n) is 13.8. The number of rotatable bonds is 6. The first-order valence-electron chi connectivity index (χ1n) is 8.17. The van der Waals surface area contributed by atoms with E-state index in [1.54, 1.807) is 6.07 Å². The molecule has 0 aromatic heterocycles. The van der Waals surface area contributed by atoms with E-state index in [9.17, 15) is 10.1 Å². The van der Waals surface area contributed by atoms with Gasteiger partial charge in [0.2, 0.25) is 0 Å². The van der Waals surface area contributed by atoms with E-state index in [0.717, 1.165) is 38.4 Å². The highest BCUT2D eigenvalue weighted by Gasteiger charge is 2.11. The Morgan fingerprint density at radius 3 is 2.44 bits per heavy atom. The minimum atomic E-state index is -0.456. The maximum Gasteiger partial charge on any atom is 0.271 e. The van der Waals surface area contributed by atoms with Crippen LogP contribution in [0.25, 0.3) is 0 Å². The van der Waals surface area contributed by atoms with Crippen molar-refractivity contribution in [1.29, 1.82) is 0 Å². The van der Waals surface area contributed by atoms with Crippen molar-refractivity contribution in [2.24, 2.45) is 0 Å². The molecule has 0 atom stereocenters. The zero-order valence-corrected chi connectivity index (χ0v) is 14.5. The van der Waals surface area contributed by atoms with E-state index in [1.165, 1.54) is 17.7 Å². The van der Waals surface area contributed by atoms with Gasteiger partial charge in [-0.15, -0.1) is 0 Å². The number of halogens is 1. The molecule has 0 radical (unpaired) electrons. The third-order valence-corrected chi connectivity index (χ3v) is 4.49. The van der Waals surface area contributed by atoms with Gasteiger partial charge in [0, 0.05) is 38.3 Å². The molecule has 1 saturated heterocycles. The van der Waals surface area contributed by atoms with Crippen molar-refractivity contribution in [3.05, 3.63) is 68.7 Å². The number of nitrogens with one attached hydrogen (secondary N) is 1. The molecule has 1 N–H and O–H groups in total. The Kier molecular flexibility index (Phi) is 5.86. The van der Waals surface area contributed by atoms with Crippen LogP contribution in [0.15, 0.2) is 42.5 Å². The van der Waals surface area contributed by atoms with Gasteiger partial charge >= 0.3 is 0 Å². The quantitative estimate of drug-likeness (QED) is 0.627. The Labute approximate surface area is 151 Å². The summed E-state index contributed by atoms with van der Waals surface area (Å²) < 4.78 is 5.36. The maximum atomic E-state index is 10.7. The predicted molar refractivity (Wildman–Crippen MR) is 98.0 cm³/mol. The van der Waals surface area contributed by atoms with E-state index < -0.39 is 4.92 Å². The molecule has 3 rings (SSSR count). The van der Waals surface area contributed by atoms with Crippen LogP contribution in [-0.4, -0.2) is 36.1 Å². The fourth-order valence-corrected chi connectivity index (χ4v) is 2.98. The number of non-ortho nitro benzene ring substituents is 1. The lowest BCUT2D eigenvalue weighted by Crippen LogP contribution is -2.35. The van der Waals surface area contributed by atoms with Gasteiger partial charge in [0.05, 0.1) is 28.8 Å². The number of nitrogens with zero attached hydrogens (tertiary/aromatic N) is 2. The molecule has 1 aliphatic heterocycles. The molecule has 0 saturated carbocycles. The van der Waals surface area contributed by atoms with Gasteiger partial charge in [0.15, 0.2) is 0 Å². The van der Waals surface area contributed by atoms with Crippen molar-refractivity contribution in [3.8, 4) is 0 Å². The summed E-state index contributed by atoms with van der Waals surface area (Å²) in [5.74, 6) is 0.